The number of hydrogen-bond donors (Lipinski definition) is 0. The van der Waals surface area contributed by atoms with Crippen LogP contribution in [-0.2, 0) is 16.1 Å². The van der Waals surface area contributed by atoms with Gasteiger partial charge in [0, 0.05) is 6.54 Å². The Morgan fingerprint density at radius 1 is 1.26 bits per heavy atom. The molecular formula is C16H14N2O4S. The Labute approximate surface area is 135 Å². The molecule has 0 saturated carbocycles. The number of nitrogens with zero attached hydrogens (tertiary/aromatic N) is 2. The summed E-state index contributed by atoms with van der Waals surface area (Å²) in [5, 5.41) is 0. The lowest BCUT2D eigenvalue weighted by Crippen LogP contribution is -2.19. The number of para-hydroxylation sites is 1. The number of hydrogen-bond acceptors (Lipinski definition) is 5. The Morgan fingerprint density at radius 2 is 2.09 bits per heavy atom. The topological polar surface area (TPSA) is 73.8 Å². The number of esters is 1. The van der Waals surface area contributed by atoms with Crippen LogP contribution in [0.25, 0.3) is 10.2 Å². The van der Waals surface area contributed by atoms with Gasteiger partial charge in [-0.15, -0.1) is 0 Å². The minimum Gasteiger partial charge on any atom is -0.469 e. The second-order valence-corrected chi connectivity index (χ2v) is 5.73. The van der Waals surface area contributed by atoms with Crippen molar-refractivity contribution in [3.05, 3.63) is 53.2 Å². The number of amides is 1. The number of thiazole rings is 1. The Hall–Kier alpha value is -2.67. The van der Waals surface area contributed by atoms with Gasteiger partial charge < -0.3 is 13.7 Å². The molecule has 0 N–H and O–H groups in total. The summed E-state index contributed by atoms with van der Waals surface area (Å²) in [5.74, 6) is -0.577. The molecule has 0 aliphatic heterocycles. The number of rotatable bonds is 4. The van der Waals surface area contributed by atoms with Gasteiger partial charge in [-0.3, -0.25) is 9.59 Å². The predicted molar refractivity (Wildman–Crippen MR) is 85.0 cm³/mol. The first-order chi connectivity index (χ1) is 11.2. The molecule has 2 aromatic heterocycles. The van der Waals surface area contributed by atoms with Crippen LogP contribution in [-0.4, -0.2) is 23.6 Å². The van der Waals surface area contributed by atoms with Crippen LogP contribution in [0.3, 0.4) is 0 Å². The summed E-state index contributed by atoms with van der Waals surface area (Å²) in [6.07, 6.45) is 1.64. The van der Waals surface area contributed by atoms with Gasteiger partial charge in [0.05, 0.1) is 30.0 Å². The van der Waals surface area contributed by atoms with Gasteiger partial charge in [0.25, 0.3) is 0 Å². The molecule has 2 heterocycles. The minimum atomic E-state index is -0.451. The van der Waals surface area contributed by atoms with Gasteiger partial charge in [-0.1, -0.05) is 23.5 Å². The van der Waals surface area contributed by atoms with Crippen LogP contribution < -0.4 is 4.80 Å². The summed E-state index contributed by atoms with van der Waals surface area (Å²) < 4.78 is 12.6. The van der Waals surface area contributed by atoms with Crippen molar-refractivity contribution in [3.63, 3.8) is 0 Å². The Balaban J connectivity index is 2.04. The molecule has 6 nitrogen and oxygen atoms in total. The molecule has 0 spiro atoms. The zero-order valence-electron chi connectivity index (χ0n) is 12.4. The third-order valence-electron chi connectivity index (χ3n) is 3.28. The van der Waals surface area contributed by atoms with E-state index in [0.717, 1.165) is 10.2 Å². The van der Waals surface area contributed by atoms with Crippen molar-refractivity contribution in [1.29, 1.82) is 0 Å². The standard InChI is InChI=1S/C16H14N2O4S/c1-21-14(19)8-9-18-11-5-2-3-7-13(11)23-16(18)17-15(20)12-6-4-10-22-12/h2-7,10H,8-9H2,1H3. The molecule has 3 aromatic rings. The zero-order chi connectivity index (χ0) is 16.2. The summed E-state index contributed by atoms with van der Waals surface area (Å²) in [7, 11) is 1.35. The second-order valence-electron chi connectivity index (χ2n) is 4.72. The maximum absolute atomic E-state index is 12.1. The number of benzene rings is 1. The van der Waals surface area contributed by atoms with E-state index in [2.05, 4.69) is 9.73 Å². The van der Waals surface area contributed by atoms with Gasteiger partial charge in [0.15, 0.2) is 10.6 Å². The third kappa shape index (κ3) is 3.24. The minimum absolute atomic E-state index is 0.182. The van der Waals surface area contributed by atoms with Crippen molar-refractivity contribution in [2.45, 2.75) is 13.0 Å². The Kier molecular flexibility index (Phi) is 4.38. The molecule has 1 aromatic carbocycles. The first kappa shape index (κ1) is 15.2. The van der Waals surface area contributed by atoms with Crippen LogP contribution in [0, 0.1) is 0 Å². The lowest BCUT2D eigenvalue weighted by molar-refractivity contribution is -0.140. The van der Waals surface area contributed by atoms with E-state index in [0.29, 0.717) is 11.3 Å². The molecule has 0 aliphatic rings. The number of methoxy groups -OCH3 is 1. The van der Waals surface area contributed by atoms with Crippen LogP contribution in [0.5, 0.6) is 0 Å². The van der Waals surface area contributed by atoms with Crippen molar-refractivity contribution in [3.8, 4) is 0 Å². The summed E-state index contributed by atoms with van der Waals surface area (Å²) in [4.78, 5) is 28.2. The van der Waals surface area contributed by atoms with Crippen molar-refractivity contribution < 1.29 is 18.7 Å². The summed E-state index contributed by atoms with van der Waals surface area (Å²) >= 11 is 1.39. The number of fused-ring (bicyclic) bond motifs is 1. The molecule has 3 rings (SSSR count). The highest BCUT2D eigenvalue weighted by atomic mass is 32.1. The number of ether oxygens (including phenoxy) is 1. The quantitative estimate of drug-likeness (QED) is 0.689. The van der Waals surface area contributed by atoms with E-state index in [4.69, 9.17) is 4.42 Å². The number of aryl methyl sites for hydroxylation is 1. The maximum atomic E-state index is 12.1. The molecular weight excluding hydrogens is 316 g/mol. The normalized spacial score (nSPS) is 11.8. The molecule has 0 radical (unpaired) electrons. The predicted octanol–water partition coefficient (Wildman–Crippen LogP) is 2.60. The van der Waals surface area contributed by atoms with E-state index in [1.807, 2.05) is 28.8 Å². The van der Waals surface area contributed by atoms with Gasteiger partial charge in [-0.25, -0.2) is 0 Å². The van der Waals surface area contributed by atoms with E-state index in [9.17, 15) is 9.59 Å². The van der Waals surface area contributed by atoms with Crippen LogP contribution in [0.4, 0.5) is 0 Å². The number of furan rings is 1. The average Bonchev–Trinajstić information content (AvgIpc) is 3.20. The lowest BCUT2D eigenvalue weighted by Gasteiger charge is -2.04. The number of aromatic nitrogens is 1. The molecule has 0 atom stereocenters. The van der Waals surface area contributed by atoms with Crippen LogP contribution in [0.2, 0.25) is 0 Å². The highest BCUT2D eigenvalue weighted by Gasteiger charge is 2.11. The largest absolute Gasteiger partial charge is 0.469 e. The summed E-state index contributed by atoms with van der Waals surface area (Å²) in [6.45, 7) is 0.390. The highest BCUT2D eigenvalue weighted by Crippen LogP contribution is 2.17. The van der Waals surface area contributed by atoms with Gasteiger partial charge in [0.2, 0.25) is 0 Å². The molecule has 23 heavy (non-hydrogen) atoms. The monoisotopic (exact) mass is 330 g/mol. The number of carbonyl (C=O) groups excluding carboxylic acids is 2. The molecule has 0 unspecified atom stereocenters. The Bertz CT molecular complexity index is 906. The third-order valence-corrected chi connectivity index (χ3v) is 4.34. The van der Waals surface area contributed by atoms with E-state index in [-0.39, 0.29) is 18.2 Å². The van der Waals surface area contributed by atoms with Crippen molar-refractivity contribution in [2.75, 3.05) is 7.11 Å². The lowest BCUT2D eigenvalue weighted by atomic mass is 10.3. The van der Waals surface area contributed by atoms with Crippen LogP contribution in [0.15, 0.2) is 52.1 Å². The van der Waals surface area contributed by atoms with Gasteiger partial charge in [-0.2, -0.15) is 4.99 Å². The summed E-state index contributed by atoms with van der Waals surface area (Å²) in [5.41, 5.74) is 0.924. The van der Waals surface area contributed by atoms with Crippen LogP contribution in [0.1, 0.15) is 17.0 Å². The second kappa shape index (κ2) is 6.62. The van der Waals surface area contributed by atoms with Crippen LogP contribution >= 0.6 is 11.3 Å². The molecule has 0 aliphatic carbocycles. The van der Waals surface area contributed by atoms with Crippen molar-refractivity contribution in [2.24, 2.45) is 4.99 Å². The molecule has 0 bridgehead atoms. The molecule has 118 valence electrons. The van der Waals surface area contributed by atoms with E-state index < -0.39 is 5.91 Å². The molecule has 0 fully saturated rings. The average molecular weight is 330 g/mol. The van der Waals surface area contributed by atoms with E-state index in [1.165, 1.54) is 24.7 Å². The molecule has 1 amide bonds. The zero-order valence-corrected chi connectivity index (χ0v) is 13.2. The summed E-state index contributed by atoms with van der Waals surface area (Å²) in [6, 6.07) is 10.9. The first-order valence-corrected chi connectivity index (χ1v) is 7.78. The molecule has 7 heteroatoms. The maximum Gasteiger partial charge on any atom is 0.315 e. The fraction of sp³-hybridized carbons (Fsp3) is 0.188. The molecule has 0 saturated heterocycles. The van der Waals surface area contributed by atoms with E-state index in [1.54, 1.807) is 12.1 Å². The fourth-order valence-electron chi connectivity index (χ4n) is 2.17. The van der Waals surface area contributed by atoms with Gasteiger partial charge in [-0.05, 0) is 24.3 Å². The SMILES string of the molecule is COC(=O)CCn1c(=NC(=O)c2ccco2)sc2ccccc21. The Morgan fingerprint density at radius 3 is 2.83 bits per heavy atom. The number of carbonyl (C=O) groups is 2. The smallest absolute Gasteiger partial charge is 0.315 e. The van der Waals surface area contributed by atoms with Gasteiger partial charge >= 0.3 is 11.9 Å². The first-order valence-electron chi connectivity index (χ1n) is 6.97. The fourth-order valence-corrected chi connectivity index (χ4v) is 3.22. The highest BCUT2D eigenvalue weighted by molar-refractivity contribution is 7.16. The van der Waals surface area contributed by atoms with Crippen molar-refractivity contribution >= 4 is 33.4 Å². The van der Waals surface area contributed by atoms with E-state index >= 15 is 0 Å². The van der Waals surface area contributed by atoms with Crippen molar-refractivity contribution in [1.82, 2.24) is 4.57 Å². The van der Waals surface area contributed by atoms with Gasteiger partial charge in [0.1, 0.15) is 0 Å².